The lowest BCUT2D eigenvalue weighted by Gasteiger charge is -2.07. The highest BCUT2D eigenvalue weighted by Crippen LogP contribution is 2.13. The summed E-state index contributed by atoms with van der Waals surface area (Å²) in [6.07, 6.45) is 0.747. The van der Waals surface area contributed by atoms with E-state index in [4.69, 9.17) is 0 Å². The van der Waals surface area contributed by atoms with Crippen molar-refractivity contribution in [2.75, 3.05) is 14.1 Å². The van der Waals surface area contributed by atoms with E-state index in [0.717, 1.165) is 6.29 Å². The van der Waals surface area contributed by atoms with Crippen molar-refractivity contribution >= 4 is 23.5 Å². The van der Waals surface area contributed by atoms with Gasteiger partial charge in [0.1, 0.15) is 0 Å². The topological polar surface area (TPSA) is 37.4 Å². The molecule has 0 aliphatic carbocycles. The molecule has 0 fully saturated rings. The van der Waals surface area contributed by atoms with Crippen molar-refractivity contribution in [2.24, 2.45) is 0 Å². The maximum absolute atomic E-state index is 11.3. The number of hydrogen-bond acceptors (Lipinski definition) is 3. The third-order valence-corrected chi connectivity index (χ3v) is 2.25. The number of thiophene rings is 1. The maximum Gasteiger partial charge on any atom is 0.254 e. The monoisotopic (exact) mass is 183 g/mol. The van der Waals surface area contributed by atoms with Crippen LogP contribution in [0.1, 0.15) is 20.0 Å². The highest BCUT2D eigenvalue weighted by Gasteiger charge is 2.09. The second-order valence-electron chi connectivity index (χ2n) is 2.56. The molecule has 0 radical (unpaired) electrons. The summed E-state index contributed by atoms with van der Waals surface area (Å²) in [6.45, 7) is 0. The van der Waals surface area contributed by atoms with E-state index in [2.05, 4.69) is 0 Å². The summed E-state index contributed by atoms with van der Waals surface area (Å²) in [4.78, 5) is 23.7. The predicted octanol–water partition coefficient (Wildman–Crippen LogP) is 1.26. The van der Waals surface area contributed by atoms with Crippen molar-refractivity contribution < 1.29 is 9.59 Å². The Hall–Kier alpha value is -1.16. The van der Waals surface area contributed by atoms with Crippen molar-refractivity contribution in [3.8, 4) is 0 Å². The van der Waals surface area contributed by atoms with Gasteiger partial charge in [0.05, 0.1) is 10.4 Å². The Kier molecular flexibility index (Phi) is 2.60. The van der Waals surface area contributed by atoms with Gasteiger partial charge in [-0.25, -0.2) is 0 Å². The zero-order chi connectivity index (χ0) is 9.14. The van der Waals surface area contributed by atoms with E-state index in [1.165, 1.54) is 16.2 Å². The second kappa shape index (κ2) is 3.49. The maximum atomic E-state index is 11.3. The molecule has 0 spiro atoms. The van der Waals surface area contributed by atoms with Crippen LogP contribution < -0.4 is 0 Å². The molecule has 1 rings (SSSR count). The molecule has 0 saturated carbocycles. The van der Waals surface area contributed by atoms with Crippen LogP contribution in [0.25, 0.3) is 0 Å². The zero-order valence-electron chi connectivity index (χ0n) is 6.90. The minimum absolute atomic E-state index is 0.0700. The first kappa shape index (κ1) is 8.93. The molecule has 0 saturated heterocycles. The van der Waals surface area contributed by atoms with Crippen LogP contribution >= 0.6 is 11.3 Å². The van der Waals surface area contributed by atoms with Crippen LogP contribution in [0.2, 0.25) is 0 Å². The van der Waals surface area contributed by atoms with Gasteiger partial charge < -0.3 is 4.90 Å². The number of aldehydes is 1. The van der Waals surface area contributed by atoms with Gasteiger partial charge in [-0.1, -0.05) is 0 Å². The van der Waals surface area contributed by atoms with E-state index in [-0.39, 0.29) is 5.91 Å². The van der Waals surface area contributed by atoms with Crippen LogP contribution in [0.3, 0.4) is 0 Å². The van der Waals surface area contributed by atoms with Gasteiger partial charge in [-0.05, 0) is 6.07 Å². The average molecular weight is 183 g/mol. The van der Waals surface area contributed by atoms with Crippen molar-refractivity contribution in [1.29, 1.82) is 0 Å². The first-order chi connectivity index (χ1) is 5.65. The summed E-state index contributed by atoms with van der Waals surface area (Å²) < 4.78 is 0. The average Bonchev–Trinajstić information content (AvgIpc) is 2.50. The van der Waals surface area contributed by atoms with Crippen LogP contribution in [0.5, 0.6) is 0 Å². The molecule has 64 valence electrons. The molecular formula is C8H9NO2S. The number of rotatable bonds is 2. The zero-order valence-corrected chi connectivity index (χ0v) is 7.72. The molecule has 12 heavy (non-hydrogen) atoms. The van der Waals surface area contributed by atoms with E-state index < -0.39 is 0 Å². The summed E-state index contributed by atoms with van der Waals surface area (Å²) >= 11 is 1.28. The van der Waals surface area contributed by atoms with Gasteiger partial charge >= 0.3 is 0 Å². The molecule has 0 atom stereocenters. The SMILES string of the molecule is CN(C)C(=O)c1csc(C=O)c1. The Morgan fingerprint density at radius 2 is 2.25 bits per heavy atom. The van der Waals surface area contributed by atoms with Gasteiger partial charge in [0.2, 0.25) is 0 Å². The first-order valence-electron chi connectivity index (χ1n) is 3.40. The fourth-order valence-electron chi connectivity index (χ4n) is 0.785. The number of amides is 1. The van der Waals surface area contributed by atoms with E-state index in [9.17, 15) is 9.59 Å². The standard InChI is InChI=1S/C8H9NO2S/c1-9(2)8(11)6-3-7(4-10)12-5-6/h3-5H,1-2H3. The van der Waals surface area contributed by atoms with Crippen LogP contribution in [0.15, 0.2) is 11.4 Å². The number of hydrogen-bond donors (Lipinski definition) is 0. The highest BCUT2D eigenvalue weighted by molar-refractivity contribution is 7.12. The largest absolute Gasteiger partial charge is 0.345 e. The molecule has 4 heteroatoms. The fourth-order valence-corrected chi connectivity index (χ4v) is 1.47. The van der Waals surface area contributed by atoms with Crippen LogP contribution in [-0.2, 0) is 0 Å². The van der Waals surface area contributed by atoms with Crippen molar-refractivity contribution in [3.63, 3.8) is 0 Å². The molecule has 1 aromatic heterocycles. The molecule has 0 aliphatic rings. The number of carbonyl (C=O) groups excluding carboxylic acids is 2. The molecule has 0 N–H and O–H groups in total. The van der Waals surface area contributed by atoms with E-state index in [1.807, 2.05) is 0 Å². The second-order valence-corrected chi connectivity index (χ2v) is 3.50. The molecule has 3 nitrogen and oxygen atoms in total. The fraction of sp³-hybridized carbons (Fsp3) is 0.250. The Morgan fingerprint density at radius 3 is 2.67 bits per heavy atom. The smallest absolute Gasteiger partial charge is 0.254 e. The van der Waals surface area contributed by atoms with Gasteiger partial charge in [0.25, 0.3) is 5.91 Å². The van der Waals surface area contributed by atoms with Crippen LogP contribution in [0, 0.1) is 0 Å². The van der Waals surface area contributed by atoms with E-state index >= 15 is 0 Å². The normalized spacial score (nSPS) is 9.50. The van der Waals surface area contributed by atoms with Gasteiger partial charge in [-0.2, -0.15) is 0 Å². The summed E-state index contributed by atoms with van der Waals surface area (Å²) in [6, 6.07) is 1.60. The molecule has 0 bridgehead atoms. The Balaban J connectivity index is 2.89. The molecule has 1 heterocycles. The van der Waals surface area contributed by atoms with Crippen molar-refractivity contribution in [3.05, 3.63) is 21.9 Å². The Labute approximate surface area is 74.6 Å². The lowest BCUT2D eigenvalue weighted by molar-refractivity contribution is 0.0828. The molecule has 1 aromatic rings. The summed E-state index contributed by atoms with van der Waals surface area (Å²) in [7, 11) is 3.36. The molecule has 0 aromatic carbocycles. The number of nitrogens with zero attached hydrogens (tertiary/aromatic N) is 1. The lowest BCUT2D eigenvalue weighted by atomic mass is 10.3. The van der Waals surface area contributed by atoms with Gasteiger partial charge in [-0.15, -0.1) is 11.3 Å². The summed E-state index contributed by atoms with van der Waals surface area (Å²) in [5.41, 5.74) is 0.576. The third kappa shape index (κ3) is 1.71. The summed E-state index contributed by atoms with van der Waals surface area (Å²) in [5.74, 6) is -0.0700. The highest BCUT2D eigenvalue weighted by atomic mass is 32.1. The van der Waals surface area contributed by atoms with Crippen molar-refractivity contribution in [1.82, 2.24) is 4.90 Å². The summed E-state index contributed by atoms with van der Waals surface area (Å²) in [5, 5.41) is 1.69. The van der Waals surface area contributed by atoms with Gasteiger partial charge in [0, 0.05) is 19.5 Å². The van der Waals surface area contributed by atoms with Gasteiger partial charge in [0.15, 0.2) is 6.29 Å². The first-order valence-corrected chi connectivity index (χ1v) is 4.28. The van der Waals surface area contributed by atoms with Crippen molar-refractivity contribution in [2.45, 2.75) is 0 Å². The minimum atomic E-state index is -0.0700. The minimum Gasteiger partial charge on any atom is -0.345 e. The van der Waals surface area contributed by atoms with E-state index in [1.54, 1.807) is 25.5 Å². The Morgan fingerprint density at radius 1 is 1.58 bits per heavy atom. The molecule has 1 amide bonds. The lowest BCUT2D eigenvalue weighted by Crippen LogP contribution is -2.20. The molecule has 0 aliphatic heterocycles. The van der Waals surface area contributed by atoms with Crippen LogP contribution in [0.4, 0.5) is 0 Å². The Bertz CT molecular complexity index is 304. The predicted molar refractivity (Wildman–Crippen MR) is 47.7 cm³/mol. The molecule has 0 unspecified atom stereocenters. The molecular weight excluding hydrogens is 174 g/mol. The van der Waals surface area contributed by atoms with Gasteiger partial charge in [-0.3, -0.25) is 9.59 Å². The van der Waals surface area contributed by atoms with E-state index in [0.29, 0.717) is 10.4 Å². The number of carbonyl (C=O) groups is 2. The quantitative estimate of drug-likeness (QED) is 0.647. The third-order valence-electron chi connectivity index (χ3n) is 1.39. The van der Waals surface area contributed by atoms with Crippen LogP contribution in [-0.4, -0.2) is 31.2 Å².